The standard InChI is InChI=1S/C18H16ClF2NO4/c1-10-3-6-13(19)9-15(10)22-16(23)11(2)25-17(24)12-4-7-14(8-5-12)26-18(20)21/h3-9,11,18H,1-2H3,(H,22,23)/t11-/m0/s1. The van der Waals surface area contributed by atoms with Crippen LogP contribution in [0.5, 0.6) is 5.75 Å². The molecule has 2 aromatic carbocycles. The molecule has 8 heteroatoms. The van der Waals surface area contributed by atoms with E-state index in [9.17, 15) is 18.4 Å². The van der Waals surface area contributed by atoms with Crippen molar-refractivity contribution in [1.82, 2.24) is 0 Å². The van der Waals surface area contributed by atoms with Crippen LogP contribution in [-0.4, -0.2) is 24.6 Å². The number of alkyl halides is 2. The first-order valence-corrected chi connectivity index (χ1v) is 7.97. The summed E-state index contributed by atoms with van der Waals surface area (Å²) in [5.41, 5.74) is 1.42. The minimum absolute atomic E-state index is 0.0845. The molecule has 26 heavy (non-hydrogen) atoms. The summed E-state index contributed by atoms with van der Waals surface area (Å²) in [5.74, 6) is -1.38. The Kier molecular flexibility index (Phi) is 6.52. The quantitative estimate of drug-likeness (QED) is 0.749. The van der Waals surface area contributed by atoms with Crippen LogP contribution in [0.4, 0.5) is 14.5 Å². The highest BCUT2D eigenvalue weighted by Gasteiger charge is 2.20. The van der Waals surface area contributed by atoms with Gasteiger partial charge in [-0.3, -0.25) is 4.79 Å². The monoisotopic (exact) mass is 383 g/mol. The van der Waals surface area contributed by atoms with E-state index in [1.54, 1.807) is 25.1 Å². The molecule has 5 nitrogen and oxygen atoms in total. The predicted octanol–water partition coefficient (Wildman–Crippen LogP) is 4.43. The van der Waals surface area contributed by atoms with Crippen LogP contribution < -0.4 is 10.1 Å². The summed E-state index contributed by atoms with van der Waals surface area (Å²) in [6.07, 6.45) is -1.07. The third-order valence-electron chi connectivity index (χ3n) is 3.43. The van der Waals surface area contributed by atoms with Crippen molar-refractivity contribution in [3.8, 4) is 5.75 Å². The third-order valence-corrected chi connectivity index (χ3v) is 3.66. The van der Waals surface area contributed by atoms with Gasteiger partial charge in [-0.2, -0.15) is 8.78 Å². The van der Waals surface area contributed by atoms with Crippen LogP contribution in [0, 0.1) is 6.92 Å². The highest BCUT2D eigenvalue weighted by Crippen LogP contribution is 2.21. The molecule has 0 aliphatic carbocycles. The molecule has 0 aromatic heterocycles. The minimum Gasteiger partial charge on any atom is -0.449 e. The van der Waals surface area contributed by atoms with Crippen LogP contribution in [0.15, 0.2) is 42.5 Å². The van der Waals surface area contributed by atoms with E-state index in [1.807, 2.05) is 0 Å². The second kappa shape index (κ2) is 8.62. The van der Waals surface area contributed by atoms with E-state index in [-0.39, 0.29) is 11.3 Å². The molecule has 1 atom stereocenters. The molecule has 2 aromatic rings. The van der Waals surface area contributed by atoms with Crippen molar-refractivity contribution < 1.29 is 27.8 Å². The molecule has 138 valence electrons. The average molecular weight is 384 g/mol. The van der Waals surface area contributed by atoms with Gasteiger partial charge in [-0.25, -0.2) is 4.79 Å². The molecule has 0 bridgehead atoms. The van der Waals surface area contributed by atoms with Gasteiger partial charge >= 0.3 is 12.6 Å². The zero-order valence-corrected chi connectivity index (χ0v) is 14.7. The number of carbonyl (C=O) groups excluding carboxylic acids is 2. The van der Waals surface area contributed by atoms with E-state index in [0.717, 1.165) is 5.56 Å². The zero-order valence-electron chi connectivity index (χ0n) is 14.0. The fraction of sp³-hybridized carbons (Fsp3) is 0.222. The second-order valence-corrected chi connectivity index (χ2v) is 5.84. The summed E-state index contributed by atoms with van der Waals surface area (Å²) in [6, 6.07) is 9.99. The summed E-state index contributed by atoms with van der Waals surface area (Å²) in [5, 5.41) is 3.09. The molecule has 0 radical (unpaired) electrons. The molecule has 0 fully saturated rings. The number of hydrogen-bond donors (Lipinski definition) is 1. The Morgan fingerprint density at radius 2 is 1.77 bits per heavy atom. The van der Waals surface area contributed by atoms with E-state index >= 15 is 0 Å². The second-order valence-electron chi connectivity index (χ2n) is 5.40. The first-order chi connectivity index (χ1) is 12.3. The topological polar surface area (TPSA) is 64.6 Å². The molecular formula is C18H16ClF2NO4. The van der Waals surface area contributed by atoms with Gasteiger partial charge in [0.05, 0.1) is 5.56 Å². The lowest BCUT2D eigenvalue weighted by Crippen LogP contribution is -2.30. The number of amides is 1. The molecule has 0 aliphatic rings. The normalized spacial score (nSPS) is 11.8. The largest absolute Gasteiger partial charge is 0.449 e. The van der Waals surface area contributed by atoms with Gasteiger partial charge in [-0.1, -0.05) is 17.7 Å². The lowest BCUT2D eigenvalue weighted by atomic mass is 10.2. The minimum atomic E-state index is -2.95. The summed E-state index contributed by atoms with van der Waals surface area (Å²) in [6.45, 7) is 0.263. The molecule has 1 amide bonds. The number of benzene rings is 2. The van der Waals surface area contributed by atoms with Crippen LogP contribution in [0.25, 0.3) is 0 Å². The maximum Gasteiger partial charge on any atom is 0.387 e. The molecule has 0 unspecified atom stereocenters. The molecular weight excluding hydrogens is 368 g/mol. The zero-order chi connectivity index (χ0) is 19.3. The molecule has 0 saturated heterocycles. The van der Waals surface area contributed by atoms with Gasteiger partial charge < -0.3 is 14.8 Å². The van der Waals surface area contributed by atoms with Gasteiger partial charge in [-0.15, -0.1) is 0 Å². The number of anilines is 1. The lowest BCUT2D eigenvalue weighted by molar-refractivity contribution is -0.123. The molecule has 2 rings (SSSR count). The smallest absolute Gasteiger partial charge is 0.387 e. The van der Waals surface area contributed by atoms with Crippen LogP contribution in [-0.2, 0) is 9.53 Å². The number of rotatable bonds is 6. The first kappa shape index (κ1) is 19.7. The van der Waals surface area contributed by atoms with E-state index in [2.05, 4.69) is 10.1 Å². The number of carbonyl (C=O) groups is 2. The number of ether oxygens (including phenoxy) is 2. The van der Waals surface area contributed by atoms with Crippen molar-refractivity contribution in [1.29, 1.82) is 0 Å². The summed E-state index contributed by atoms with van der Waals surface area (Å²) in [7, 11) is 0. The van der Waals surface area contributed by atoms with Crippen LogP contribution in [0.3, 0.4) is 0 Å². The number of aryl methyl sites for hydroxylation is 1. The summed E-state index contributed by atoms with van der Waals surface area (Å²) < 4.78 is 33.5. The third kappa shape index (κ3) is 5.42. The fourth-order valence-corrected chi connectivity index (χ4v) is 2.19. The maximum absolute atomic E-state index is 12.2. The maximum atomic E-state index is 12.2. The van der Waals surface area contributed by atoms with Gasteiger partial charge in [0, 0.05) is 10.7 Å². The van der Waals surface area contributed by atoms with Gasteiger partial charge in [0.25, 0.3) is 5.91 Å². The number of halogens is 3. The van der Waals surface area contributed by atoms with Crippen LogP contribution in [0.2, 0.25) is 5.02 Å². The Morgan fingerprint density at radius 1 is 1.12 bits per heavy atom. The average Bonchev–Trinajstić information content (AvgIpc) is 2.58. The van der Waals surface area contributed by atoms with Crippen LogP contribution in [0.1, 0.15) is 22.8 Å². The lowest BCUT2D eigenvalue weighted by Gasteiger charge is -2.15. The van der Waals surface area contributed by atoms with Gasteiger partial charge in [0.2, 0.25) is 0 Å². The van der Waals surface area contributed by atoms with E-state index in [0.29, 0.717) is 10.7 Å². The molecule has 0 saturated carbocycles. The highest BCUT2D eigenvalue weighted by molar-refractivity contribution is 6.31. The van der Waals surface area contributed by atoms with Crippen molar-refractivity contribution in [2.75, 3.05) is 5.32 Å². The van der Waals surface area contributed by atoms with Crippen molar-refractivity contribution in [2.45, 2.75) is 26.6 Å². The SMILES string of the molecule is Cc1ccc(Cl)cc1NC(=O)[C@H](C)OC(=O)c1ccc(OC(F)F)cc1. The van der Waals surface area contributed by atoms with E-state index < -0.39 is 24.6 Å². The number of hydrogen-bond acceptors (Lipinski definition) is 4. The van der Waals surface area contributed by atoms with Crippen LogP contribution >= 0.6 is 11.6 Å². The molecule has 1 N–H and O–H groups in total. The van der Waals surface area contributed by atoms with Gasteiger partial charge in [-0.05, 0) is 55.8 Å². The Morgan fingerprint density at radius 3 is 2.38 bits per heavy atom. The number of esters is 1. The Balaban J connectivity index is 1.97. The van der Waals surface area contributed by atoms with E-state index in [1.165, 1.54) is 31.2 Å². The van der Waals surface area contributed by atoms with Gasteiger partial charge in [0.15, 0.2) is 6.10 Å². The Bertz CT molecular complexity index is 796. The summed E-state index contributed by atoms with van der Waals surface area (Å²) in [4.78, 5) is 24.2. The molecule has 0 aliphatic heterocycles. The number of nitrogens with one attached hydrogen (secondary N) is 1. The Hall–Kier alpha value is -2.67. The van der Waals surface area contributed by atoms with Crippen molar-refractivity contribution >= 4 is 29.2 Å². The highest BCUT2D eigenvalue weighted by atomic mass is 35.5. The molecule has 0 spiro atoms. The molecule has 0 heterocycles. The van der Waals surface area contributed by atoms with E-state index in [4.69, 9.17) is 16.3 Å². The van der Waals surface area contributed by atoms with Crippen molar-refractivity contribution in [3.63, 3.8) is 0 Å². The predicted molar refractivity (Wildman–Crippen MR) is 92.8 cm³/mol. The fourth-order valence-electron chi connectivity index (χ4n) is 2.02. The van der Waals surface area contributed by atoms with Gasteiger partial charge in [0.1, 0.15) is 5.75 Å². The summed E-state index contributed by atoms with van der Waals surface area (Å²) >= 11 is 5.89. The van der Waals surface area contributed by atoms with Crippen molar-refractivity contribution in [2.24, 2.45) is 0 Å². The van der Waals surface area contributed by atoms with Crippen molar-refractivity contribution in [3.05, 3.63) is 58.6 Å². The Labute approximate surface area is 153 Å². The first-order valence-electron chi connectivity index (χ1n) is 7.59.